The Labute approximate surface area is 169 Å². The van der Waals surface area contributed by atoms with Crippen LogP contribution >= 0.6 is 11.8 Å². The molecule has 1 heterocycles. The van der Waals surface area contributed by atoms with Crippen molar-refractivity contribution in [2.75, 3.05) is 7.11 Å². The van der Waals surface area contributed by atoms with Gasteiger partial charge in [0.1, 0.15) is 10.6 Å². The average Bonchev–Trinajstić information content (AvgIpc) is 2.87. The van der Waals surface area contributed by atoms with Crippen LogP contribution in [0.3, 0.4) is 0 Å². The molecule has 0 bridgehead atoms. The molecule has 2 aliphatic rings. The maximum atomic E-state index is 12.9. The van der Waals surface area contributed by atoms with Crippen molar-refractivity contribution < 1.29 is 22.7 Å². The molecule has 1 aliphatic carbocycles. The molecule has 1 unspecified atom stereocenters. The first-order chi connectivity index (χ1) is 13.1. The second-order valence-corrected chi connectivity index (χ2v) is 10.7. The number of amides is 2. The number of hydrogen-bond acceptors (Lipinski definition) is 6. The number of benzene rings is 1. The lowest BCUT2D eigenvalue weighted by Gasteiger charge is -2.41. The molecule has 1 saturated heterocycles. The molecule has 2 amide bonds. The Kier molecular flexibility index (Phi) is 5.66. The van der Waals surface area contributed by atoms with Crippen molar-refractivity contribution in [1.82, 2.24) is 10.4 Å². The number of nitrogens with one attached hydrogen (secondary N) is 1. The van der Waals surface area contributed by atoms with Crippen molar-refractivity contribution in [2.45, 2.75) is 54.5 Å². The number of sulfonamides is 1. The van der Waals surface area contributed by atoms with Gasteiger partial charge in [0, 0.05) is 6.07 Å². The number of primary sulfonamides is 1. The summed E-state index contributed by atoms with van der Waals surface area (Å²) in [7, 11) is -2.59. The predicted octanol–water partition coefficient (Wildman–Crippen LogP) is 1.86. The number of carbonyl (C=O) groups is 2. The molecular formula is C18H25N3O5S2. The summed E-state index contributed by atoms with van der Waals surface area (Å²) in [5.74, 6) is 0.00946. The molecule has 1 aliphatic heterocycles. The highest BCUT2D eigenvalue weighted by atomic mass is 32.2. The Hall–Kier alpha value is -1.78. The molecule has 0 radical (unpaired) electrons. The zero-order valence-corrected chi connectivity index (χ0v) is 17.7. The number of ether oxygens (including phenoxy) is 1. The molecule has 1 aromatic rings. The fourth-order valence-electron chi connectivity index (χ4n) is 3.72. The van der Waals surface area contributed by atoms with E-state index in [1.807, 2.05) is 6.92 Å². The lowest BCUT2D eigenvalue weighted by molar-refractivity contribution is -0.135. The van der Waals surface area contributed by atoms with Crippen LogP contribution in [0, 0.1) is 5.92 Å². The summed E-state index contributed by atoms with van der Waals surface area (Å²) in [6.45, 7) is 4.04. The minimum Gasteiger partial charge on any atom is -0.496 e. The van der Waals surface area contributed by atoms with Gasteiger partial charge in [-0.1, -0.05) is 6.92 Å². The summed E-state index contributed by atoms with van der Waals surface area (Å²) in [4.78, 5) is 25.0. The minimum absolute atomic E-state index is 0.0719. The van der Waals surface area contributed by atoms with Crippen molar-refractivity contribution in [3.05, 3.63) is 23.8 Å². The van der Waals surface area contributed by atoms with Gasteiger partial charge in [0.15, 0.2) is 0 Å². The van der Waals surface area contributed by atoms with E-state index in [1.165, 1.54) is 30.3 Å². The van der Waals surface area contributed by atoms with Crippen LogP contribution in [0.4, 0.5) is 0 Å². The highest BCUT2D eigenvalue weighted by molar-refractivity contribution is 8.02. The van der Waals surface area contributed by atoms with Gasteiger partial charge in [0.2, 0.25) is 10.0 Å². The minimum atomic E-state index is -3.92. The van der Waals surface area contributed by atoms with Crippen LogP contribution in [0.15, 0.2) is 23.1 Å². The van der Waals surface area contributed by atoms with Gasteiger partial charge in [-0.15, -0.1) is 11.8 Å². The van der Waals surface area contributed by atoms with E-state index in [0.717, 1.165) is 25.7 Å². The molecule has 1 spiro atoms. The van der Waals surface area contributed by atoms with Crippen molar-refractivity contribution >= 4 is 33.6 Å². The van der Waals surface area contributed by atoms with Gasteiger partial charge in [-0.25, -0.2) is 18.6 Å². The monoisotopic (exact) mass is 427 g/mol. The quantitative estimate of drug-likeness (QED) is 0.757. The first-order valence-electron chi connectivity index (χ1n) is 9.11. The van der Waals surface area contributed by atoms with Gasteiger partial charge < -0.3 is 4.74 Å². The molecule has 1 saturated carbocycles. The zero-order valence-electron chi connectivity index (χ0n) is 16.1. The van der Waals surface area contributed by atoms with Gasteiger partial charge in [0.05, 0.1) is 22.8 Å². The molecule has 1 aromatic carbocycles. The third-order valence-electron chi connectivity index (χ3n) is 5.39. The summed E-state index contributed by atoms with van der Waals surface area (Å²) >= 11 is 1.59. The molecule has 0 aromatic heterocycles. The highest BCUT2D eigenvalue weighted by Gasteiger charge is 2.52. The molecule has 3 rings (SSSR count). The summed E-state index contributed by atoms with van der Waals surface area (Å²) in [6, 6.07) is 3.78. The van der Waals surface area contributed by atoms with Crippen LogP contribution in [0.5, 0.6) is 5.75 Å². The smallest absolute Gasteiger partial charge is 0.273 e. The number of nitrogens with two attached hydrogens (primary N) is 1. The van der Waals surface area contributed by atoms with Gasteiger partial charge in [-0.3, -0.25) is 15.0 Å². The van der Waals surface area contributed by atoms with Crippen molar-refractivity contribution in [1.29, 1.82) is 0 Å². The Balaban J connectivity index is 1.88. The van der Waals surface area contributed by atoms with E-state index in [2.05, 4.69) is 12.3 Å². The molecule has 154 valence electrons. The lowest BCUT2D eigenvalue weighted by Crippen LogP contribution is -2.56. The molecule has 28 heavy (non-hydrogen) atoms. The van der Waals surface area contributed by atoms with Crippen LogP contribution in [-0.2, 0) is 14.8 Å². The summed E-state index contributed by atoms with van der Waals surface area (Å²) < 4.78 is 28.2. The summed E-state index contributed by atoms with van der Waals surface area (Å²) in [5, 5.41) is 6.38. The predicted molar refractivity (Wildman–Crippen MR) is 106 cm³/mol. The maximum absolute atomic E-state index is 12.9. The molecule has 2 fully saturated rings. The molecule has 8 nitrogen and oxygen atoms in total. The Morgan fingerprint density at radius 1 is 1.32 bits per heavy atom. The summed E-state index contributed by atoms with van der Waals surface area (Å²) in [5.41, 5.74) is 2.88. The van der Waals surface area contributed by atoms with Gasteiger partial charge in [-0.2, -0.15) is 0 Å². The van der Waals surface area contributed by atoms with Crippen LogP contribution in [0.2, 0.25) is 0 Å². The van der Waals surface area contributed by atoms with E-state index in [-0.39, 0.29) is 27.4 Å². The van der Waals surface area contributed by atoms with Gasteiger partial charge in [0.25, 0.3) is 11.8 Å². The lowest BCUT2D eigenvalue weighted by atomic mass is 9.86. The number of hydrazine groups is 1. The highest BCUT2D eigenvalue weighted by Crippen LogP contribution is 2.50. The second-order valence-electron chi connectivity index (χ2n) is 7.41. The first kappa shape index (κ1) is 20.9. The topological polar surface area (TPSA) is 119 Å². The summed E-state index contributed by atoms with van der Waals surface area (Å²) in [6.07, 6.45) is 3.62. The van der Waals surface area contributed by atoms with Crippen molar-refractivity contribution in [3.63, 3.8) is 0 Å². The van der Waals surface area contributed by atoms with E-state index in [4.69, 9.17) is 9.88 Å². The number of hydrogen-bond donors (Lipinski definition) is 2. The molecule has 1 atom stereocenters. The fraction of sp³-hybridized carbons (Fsp3) is 0.556. The normalized spacial score (nSPS) is 27.9. The molecular weight excluding hydrogens is 402 g/mol. The largest absolute Gasteiger partial charge is 0.496 e. The Bertz CT molecular complexity index is 894. The fourth-order valence-corrected chi connectivity index (χ4v) is 5.83. The molecule has 10 heteroatoms. The van der Waals surface area contributed by atoms with E-state index >= 15 is 0 Å². The number of rotatable bonds is 4. The second kappa shape index (κ2) is 7.57. The van der Waals surface area contributed by atoms with Crippen molar-refractivity contribution in [3.8, 4) is 5.75 Å². The maximum Gasteiger partial charge on any atom is 0.273 e. The van der Waals surface area contributed by atoms with Crippen molar-refractivity contribution in [2.24, 2.45) is 11.1 Å². The van der Waals surface area contributed by atoms with E-state index < -0.39 is 20.8 Å². The van der Waals surface area contributed by atoms with Gasteiger partial charge in [-0.05, 0) is 50.7 Å². The molecule has 3 N–H and O–H groups in total. The SMILES string of the molecule is COc1cc(S(N)(=O)=O)ccc1C(=O)NN1C(=O)C(C)SC12CCC(C)CC2. The van der Waals surface area contributed by atoms with Gasteiger partial charge >= 0.3 is 0 Å². The van der Waals surface area contributed by atoms with Crippen LogP contribution in [0.25, 0.3) is 0 Å². The van der Waals surface area contributed by atoms with Crippen LogP contribution < -0.4 is 15.3 Å². The third-order valence-corrected chi connectivity index (χ3v) is 7.88. The number of carbonyl (C=O) groups excluding carboxylic acids is 2. The van der Waals surface area contributed by atoms with Crippen LogP contribution in [-0.4, -0.2) is 42.5 Å². The average molecular weight is 428 g/mol. The third kappa shape index (κ3) is 3.85. The number of methoxy groups -OCH3 is 1. The Morgan fingerprint density at radius 2 is 1.96 bits per heavy atom. The zero-order chi connectivity index (χ0) is 20.7. The number of thioether (sulfide) groups is 1. The Morgan fingerprint density at radius 3 is 2.54 bits per heavy atom. The van der Waals surface area contributed by atoms with E-state index in [1.54, 1.807) is 11.8 Å². The standard InChI is InChI=1S/C18H25N3O5S2/c1-11-6-8-18(9-7-11)21(17(23)12(2)27-18)20-16(22)14-5-4-13(28(19,24)25)10-15(14)26-3/h4-5,10-12H,6-9H2,1-3H3,(H,20,22)(H2,19,24,25). The van der Waals surface area contributed by atoms with E-state index in [0.29, 0.717) is 5.92 Å². The van der Waals surface area contributed by atoms with E-state index in [9.17, 15) is 18.0 Å². The van der Waals surface area contributed by atoms with Crippen LogP contribution in [0.1, 0.15) is 49.9 Å². The first-order valence-corrected chi connectivity index (χ1v) is 11.5. The number of nitrogens with zero attached hydrogens (tertiary/aromatic N) is 1.